The Morgan fingerprint density at radius 2 is 2.04 bits per heavy atom. The molecule has 3 heterocycles. The number of fused-ring (bicyclic) bond motifs is 1. The maximum Gasteiger partial charge on any atom is 0.333 e. The number of carbonyl (C=O) groups is 2. The molecule has 2 aromatic rings. The summed E-state index contributed by atoms with van der Waals surface area (Å²) in [5, 5.41) is 3.89. The molecule has 4 rings (SSSR count). The van der Waals surface area contributed by atoms with Crippen LogP contribution in [0, 0.1) is 12.7 Å². The normalized spacial score (nSPS) is 23.3. The molecule has 0 unspecified atom stereocenters. The fourth-order valence-corrected chi connectivity index (χ4v) is 3.56. The van der Waals surface area contributed by atoms with E-state index in [0.717, 1.165) is 11.3 Å². The van der Waals surface area contributed by atoms with Crippen LogP contribution >= 0.6 is 0 Å². The molecule has 2 aliphatic rings. The zero-order valence-corrected chi connectivity index (χ0v) is 13.4. The van der Waals surface area contributed by atoms with Crippen LogP contribution in [-0.2, 0) is 4.79 Å². The lowest BCUT2D eigenvalue weighted by atomic mass is 9.99. The zero-order valence-electron chi connectivity index (χ0n) is 13.4. The molecule has 1 aromatic heterocycles. The Balaban J connectivity index is 1.78. The van der Waals surface area contributed by atoms with Crippen molar-refractivity contribution in [3.8, 4) is 11.3 Å². The second-order valence-electron chi connectivity index (χ2n) is 6.39. The predicted octanol–water partition coefficient (Wildman–Crippen LogP) is 3.11. The standard InChI is InChI=1S/C17H16FN3O3/c1-10-13(11-6-3-4-7-12(11)18)24-19-14(10)21-15(22)17(2)8-5-9-20(17)16(21)23/h3-4,6-7H,5,8-9H2,1-2H3/t17-/m0/s1. The van der Waals surface area contributed by atoms with Gasteiger partial charge in [0.15, 0.2) is 11.6 Å². The summed E-state index contributed by atoms with van der Waals surface area (Å²) in [5.41, 5.74) is -0.105. The molecular weight excluding hydrogens is 313 g/mol. The number of nitrogens with zero attached hydrogens (tertiary/aromatic N) is 3. The Labute approximate surface area is 137 Å². The molecule has 1 aromatic carbocycles. The van der Waals surface area contributed by atoms with Crippen LogP contribution in [0.1, 0.15) is 25.3 Å². The molecule has 2 fully saturated rings. The van der Waals surface area contributed by atoms with Gasteiger partial charge in [0.1, 0.15) is 11.4 Å². The van der Waals surface area contributed by atoms with Gasteiger partial charge in [-0.25, -0.2) is 14.1 Å². The van der Waals surface area contributed by atoms with Gasteiger partial charge < -0.3 is 9.42 Å². The van der Waals surface area contributed by atoms with Crippen molar-refractivity contribution < 1.29 is 18.5 Å². The minimum absolute atomic E-state index is 0.138. The summed E-state index contributed by atoms with van der Waals surface area (Å²) in [4.78, 5) is 28.1. The van der Waals surface area contributed by atoms with Crippen LogP contribution in [0.25, 0.3) is 11.3 Å². The quantitative estimate of drug-likeness (QED) is 0.794. The number of urea groups is 1. The number of anilines is 1. The Morgan fingerprint density at radius 1 is 1.29 bits per heavy atom. The molecule has 1 atom stereocenters. The fourth-order valence-electron chi connectivity index (χ4n) is 3.56. The van der Waals surface area contributed by atoms with E-state index in [2.05, 4.69) is 5.16 Å². The SMILES string of the molecule is Cc1c(N2C(=O)N3CCC[C@@]3(C)C2=O)noc1-c1ccccc1F. The van der Waals surface area contributed by atoms with Crippen LogP contribution < -0.4 is 4.90 Å². The second-order valence-corrected chi connectivity index (χ2v) is 6.39. The fraction of sp³-hybridized carbons (Fsp3) is 0.353. The lowest BCUT2D eigenvalue weighted by molar-refractivity contribution is -0.123. The number of hydrogen-bond donors (Lipinski definition) is 0. The first kappa shape index (κ1) is 14.9. The van der Waals surface area contributed by atoms with Gasteiger partial charge in [-0.05, 0) is 38.8 Å². The lowest BCUT2D eigenvalue weighted by Crippen LogP contribution is -2.41. The average molecular weight is 329 g/mol. The number of benzene rings is 1. The van der Waals surface area contributed by atoms with Gasteiger partial charge in [0.2, 0.25) is 0 Å². The Morgan fingerprint density at radius 3 is 2.75 bits per heavy atom. The summed E-state index contributed by atoms with van der Waals surface area (Å²) in [6.45, 7) is 3.99. The van der Waals surface area contributed by atoms with Crippen molar-refractivity contribution in [3.05, 3.63) is 35.6 Å². The maximum atomic E-state index is 14.0. The van der Waals surface area contributed by atoms with E-state index in [1.54, 1.807) is 36.9 Å². The maximum absolute atomic E-state index is 14.0. The minimum atomic E-state index is -0.819. The number of amides is 3. The van der Waals surface area contributed by atoms with E-state index in [9.17, 15) is 14.0 Å². The molecule has 0 spiro atoms. The minimum Gasteiger partial charge on any atom is -0.354 e. The number of imide groups is 1. The third-order valence-corrected chi connectivity index (χ3v) is 4.96. The van der Waals surface area contributed by atoms with Crippen LogP contribution in [0.4, 0.5) is 15.0 Å². The highest BCUT2D eigenvalue weighted by Gasteiger charge is 2.58. The Kier molecular flexibility index (Phi) is 3.03. The average Bonchev–Trinajstić information content (AvgIpc) is 3.17. The topological polar surface area (TPSA) is 66.7 Å². The molecular formula is C17H16FN3O3. The van der Waals surface area contributed by atoms with Gasteiger partial charge in [-0.15, -0.1) is 0 Å². The van der Waals surface area contributed by atoms with Gasteiger partial charge in [-0.1, -0.05) is 17.3 Å². The molecule has 24 heavy (non-hydrogen) atoms. The largest absolute Gasteiger partial charge is 0.354 e. The monoisotopic (exact) mass is 329 g/mol. The Bertz CT molecular complexity index is 863. The third kappa shape index (κ3) is 1.78. The third-order valence-electron chi connectivity index (χ3n) is 4.96. The first-order valence-corrected chi connectivity index (χ1v) is 7.82. The molecule has 0 aliphatic carbocycles. The molecule has 0 N–H and O–H groups in total. The van der Waals surface area contributed by atoms with Crippen molar-refractivity contribution >= 4 is 17.8 Å². The molecule has 0 saturated carbocycles. The summed E-state index contributed by atoms with van der Waals surface area (Å²) >= 11 is 0. The Hall–Kier alpha value is -2.70. The van der Waals surface area contributed by atoms with Crippen molar-refractivity contribution in [2.45, 2.75) is 32.2 Å². The second kappa shape index (κ2) is 4.90. The number of halogens is 1. The van der Waals surface area contributed by atoms with Gasteiger partial charge in [0.25, 0.3) is 5.91 Å². The van der Waals surface area contributed by atoms with Crippen molar-refractivity contribution in [1.82, 2.24) is 10.1 Å². The summed E-state index contributed by atoms with van der Waals surface area (Å²) in [6, 6.07) is 5.76. The summed E-state index contributed by atoms with van der Waals surface area (Å²) in [7, 11) is 0. The van der Waals surface area contributed by atoms with Gasteiger partial charge >= 0.3 is 6.03 Å². The van der Waals surface area contributed by atoms with Gasteiger partial charge in [0.05, 0.1) is 5.56 Å². The molecule has 2 aliphatic heterocycles. The van der Waals surface area contributed by atoms with Gasteiger partial charge in [-0.2, -0.15) is 0 Å². The van der Waals surface area contributed by atoms with Crippen molar-refractivity contribution in [3.63, 3.8) is 0 Å². The van der Waals surface area contributed by atoms with E-state index in [4.69, 9.17) is 4.52 Å². The highest BCUT2D eigenvalue weighted by molar-refractivity contribution is 6.23. The van der Waals surface area contributed by atoms with Crippen LogP contribution in [-0.4, -0.2) is 34.1 Å². The van der Waals surface area contributed by atoms with Crippen LogP contribution in [0.5, 0.6) is 0 Å². The van der Waals surface area contributed by atoms with Gasteiger partial charge in [-0.3, -0.25) is 4.79 Å². The van der Waals surface area contributed by atoms with E-state index < -0.39 is 17.4 Å². The summed E-state index contributed by atoms with van der Waals surface area (Å²) in [6.07, 6.45) is 1.44. The van der Waals surface area contributed by atoms with E-state index in [1.807, 2.05) is 0 Å². The first-order valence-electron chi connectivity index (χ1n) is 7.82. The molecule has 6 nitrogen and oxygen atoms in total. The van der Waals surface area contributed by atoms with Crippen molar-refractivity contribution in [1.29, 1.82) is 0 Å². The number of rotatable bonds is 2. The summed E-state index contributed by atoms with van der Waals surface area (Å²) < 4.78 is 19.3. The van der Waals surface area contributed by atoms with Crippen molar-refractivity contribution in [2.75, 3.05) is 11.4 Å². The molecule has 124 valence electrons. The summed E-state index contributed by atoms with van der Waals surface area (Å²) in [5.74, 6) is -0.392. The smallest absolute Gasteiger partial charge is 0.333 e. The van der Waals surface area contributed by atoms with Crippen LogP contribution in [0.3, 0.4) is 0 Å². The molecule has 3 amide bonds. The van der Waals surface area contributed by atoms with Crippen LogP contribution in [0.15, 0.2) is 28.8 Å². The molecule has 0 radical (unpaired) electrons. The number of carbonyl (C=O) groups excluding carboxylic acids is 2. The van der Waals surface area contributed by atoms with Crippen LogP contribution in [0.2, 0.25) is 0 Å². The molecule has 0 bridgehead atoms. The van der Waals surface area contributed by atoms with Crippen molar-refractivity contribution in [2.24, 2.45) is 0 Å². The number of hydrogen-bond acceptors (Lipinski definition) is 4. The van der Waals surface area contributed by atoms with Gasteiger partial charge in [0, 0.05) is 12.1 Å². The van der Waals surface area contributed by atoms with E-state index in [0.29, 0.717) is 18.5 Å². The zero-order chi connectivity index (χ0) is 17.1. The first-order chi connectivity index (χ1) is 11.4. The molecule has 2 saturated heterocycles. The lowest BCUT2D eigenvalue weighted by Gasteiger charge is -2.22. The predicted molar refractivity (Wildman–Crippen MR) is 83.9 cm³/mol. The highest BCUT2D eigenvalue weighted by atomic mass is 19.1. The van der Waals surface area contributed by atoms with E-state index in [-0.39, 0.29) is 23.0 Å². The van der Waals surface area contributed by atoms with E-state index >= 15 is 0 Å². The molecule has 7 heteroatoms. The highest BCUT2D eigenvalue weighted by Crippen LogP contribution is 2.41. The number of aromatic nitrogens is 1. The van der Waals surface area contributed by atoms with E-state index in [1.165, 1.54) is 6.07 Å².